The highest BCUT2D eigenvalue weighted by molar-refractivity contribution is 6.43. The zero-order valence-corrected chi connectivity index (χ0v) is 11.5. The monoisotopic (exact) mass is 277 g/mol. The molecule has 20 heavy (non-hydrogen) atoms. The first-order valence-corrected chi connectivity index (χ1v) is 5.79. The van der Waals surface area contributed by atoms with Crippen LogP contribution in [-0.4, -0.2) is 32.5 Å². The van der Waals surface area contributed by atoms with Gasteiger partial charge in [0.15, 0.2) is 0 Å². The molecule has 1 aromatic rings. The third kappa shape index (κ3) is 3.88. The van der Waals surface area contributed by atoms with Crippen LogP contribution in [0.5, 0.6) is 11.5 Å². The summed E-state index contributed by atoms with van der Waals surface area (Å²) in [5.41, 5.74) is 2.67. The van der Waals surface area contributed by atoms with Crippen LogP contribution in [0.4, 0.5) is 5.69 Å². The minimum atomic E-state index is -0.788. The molecule has 7 nitrogen and oxygen atoms in total. The third-order valence-electron chi connectivity index (χ3n) is 2.27. The molecule has 0 fully saturated rings. The van der Waals surface area contributed by atoms with Crippen LogP contribution in [0.2, 0.25) is 0 Å². The molecule has 0 aliphatic carbocycles. The van der Waals surface area contributed by atoms with Gasteiger partial charge in [-0.2, -0.15) is 10.4 Å². The number of carbonyl (C=O) groups is 1. The van der Waals surface area contributed by atoms with Crippen molar-refractivity contribution in [1.29, 1.82) is 5.26 Å². The van der Waals surface area contributed by atoms with Crippen LogP contribution in [0, 0.1) is 11.3 Å². The summed E-state index contributed by atoms with van der Waals surface area (Å²) in [6.45, 7) is 1.81. The minimum absolute atomic E-state index is 0.169. The smallest absolute Gasteiger partial charge is 0.369 e. The molecule has 1 aromatic carbocycles. The first-order valence-electron chi connectivity index (χ1n) is 5.79. The Kier molecular flexibility index (Phi) is 5.84. The Hall–Kier alpha value is -2.75. The lowest BCUT2D eigenvalue weighted by Gasteiger charge is -2.09. The molecule has 0 saturated heterocycles. The number of benzene rings is 1. The van der Waals surface area contributed by atoms with Gasteiger partial charge < -0.3 is 14.2 Å². The van der Waals surface area contributed by atoms with E-state index in [2.05, 4.69) is 10.5 Å². The molecule has 0 aromatic heterocycles. The quantitative estimate of drug-likeness (QED) is 0.482. The molecule has 0 radical (unpaired) electrons. The molecule has 1 rings (SSSR count). The highest BCUT2D eigenvalue weighted by atomic mass is 16.5. The Morgan fingerprint density at radius 1 is 1.40 bits per heavy atom. The van der Waals surface area contributed by atoms with Gasteiger partial charge in [0, 0.05) is 6.07 Å². The number of esters is 1. The van der Waals surface area contributed by atoms with Crippen molar-refractivity contribution >= 4 is 17.4 Å². The lowest BCUT2D eigenvalue weighted by Crippen LogP contribution is -2.17. The summed E-state index contributed by atoms with van der Waals surface area (Å²) in [5.74, 6) is 0.290. The van der Waals surface area contributed by atoms with E-state index in [0.717, 1.165) is 0 Å². The summed E-state index contributed by atoms with van der Waals surface area (Å²) in [5, 5.41) is 12.6. The number of nitrogens with one attached hydrogen (secondary N) is 1. The zero-order chi connectivity index (χ0) is 15.0. The molecule has 0 aliphatic heterocycles. The van der Waals surface area contributed by atoms with E-state index in [1.54, 1.807) is 31.2 Å². The topological polar surface area (TPSA) is 92.9 Å². The minimum Gasteiger partial charge on any atom is -0.497 e. The molecule has 0 heterocycles. The molecular weight excluding hydrogens is 262 g/mol. The fourth-order valence-electron chi connectivity index (χ4n) is 1.33. The summed E-state index contributed by atoms with van der Waals surface area (Å²) in [4.78, 5) is 11.4. The van der Waals surface area contributed by atoms with Gasteiger partial charge in [-0.1, -0.05) is 0 Å². The Morgan fingerprint density at radius 2 is 2.15 bits per heavy atom. The fourth-order valence-corrected chi connectivity index (χ4v) is 1.33. The van der Waals surface area contributed by atoms with Crippen molar-refractivity contribution in [1.82, 2.24) is 0 Å². The average molecular weight is 277 g/mol. The molecule has 0 aliphatic rings. The third-order valence-corrected chi connectivity index (χ3v) is 2.27. The summed E-state index contributed by atoms with van der Waals surface area (Å²) in [7, 11) is 3.02. The maximum absolute atomic E-state index is 11.4. The molecule has 0 spiro atoms. The number of anilines is 1. The van der Waals surface area contributed by atoms with Crippen LogP contribution in [0.3, 0.4) is 0 Å². The molecule has 0 saturated carbocycles. The zero-order valence-electron chi connectivity index (χ0n) is 11.5. The largest absolute Gasteiger partial charge is 0.497 e. The second kappa shape index (κ2) is 7.63. The Bertz CT molecular complexity index is 549. The predicted octanol–water partition coefficient (Wildman–Crippen LogP) is 1.56. The van der Waals surface area contributed by atoms with Gasteiger partial charge in [-0.3, -0.25) is 5.43 Å². The maximum atomic E-state index is 11.4. The second-order valence-electron chi connectivity index (χ2n) is 3.47. The molecule has 0 amide bonds. The first-order chi connectivity index (χ1) is 9.65. The number of methoxy groups -OCH3 is 2. The van der Waals surface area contributed by atoms with Gasteiger partial charge >= 0.3 is 5.97 Å². The Labute approximate surface area is 116 Å². The van der Waals surface area contributed by atoms with Crippen molar-refractivity contribution in [2.24, 2.45) is 5.10 Å². The number of ether oxygens (including phenoxy) is 3. The molecular formula is C13H15N3O4. The van der Waals surface area contributed by atoms with Gasteiger partial charge in [0.05, 0.1) is 20.8 Å². The Balaban J connectivity index is 2.97. The van der Waals surface area contributed by atoms with Gasteiger partial charge in [-0.05, 0) is 19.1 Å². The van der Waals surface area contributed by atoms with E-state index in [9.17, 15) is 4.79 Å². The van der Waals surface area contributed by atoms with E-state index in [1.165, 1.54) is 14.2 Å². The van der Waals surface area contributed by atoms with Crippen molar-refractivity contribution in [2.75, 3.05) is 26.3 Å². The van der Waals surface area contributed by atoms with Crippen LogP contribution in [0.15, 0.2) is 23.3 Å². The van der Waals surface area contributed by atoms with Gasteiger partial charge in [0.2, 0.25) is 5.71 Å². The number of hydrogen-bond acceptors (Lipinski definition) is 7. The van der Waals surface area contributed by atoms with Gasteiger partial charge in [-0.25, -0.2) is 4.79 Å². The molecule has 0 bridgehead atoms. The summed E-state index contributed by atoms with van der Waals surface area (Å²) in [6, 6.07) is 6.68. The number of hydrazone groups is 1. The van der Waals surface area contributed by atoms with Crippen molar-refractivity contribution in [2.45, 2.75) is 6.92 Å². The molecule has 7 heteroatoms. The lowest BCUT2D eigenvalue weighted by atomic mass is 10.3. The van der Waals surface area contributed by atoms with E-state index in [4.69, 9.17) is 19.5 Å². The van der Waals surface area contributed by atoms with Gasteiger partial charge in [0.1, 0.15) is 23.3 Å². The molecule has 106 valence electrons. The van der Waals surface area contributed by atoms with Gasteiger partial charge in [0.25, 0.3) is 0 Å². The fraction of sp³-hybridized carbons (Fsp3) is 0.308. The SMILES string of the molecule is CCOC(=O)C(C#N)=NNc1cc(OC)ccc1OC. The number of nitriles is 1. The van der Waals surface area contributed by atoms with E-state index >= 15 is 0 Å². The maximum Gasteiger partial charge on any atom is 0.369 e. The van der Waals surface area contributed by atoms with Gasteiger partial charge in [-0.15, -0.1) is 0 Å². The predicted molar refractivity (Wildman–Crippen MR) is 72.8 cm³/mol. The number of rotatable bonds is 6. The highest BCUT2D eigenvalue weighted by Gasteiger charge is 2.12. The Morgan fingerprint density at radius 3 is 2.70 bits per heavy atom. The molecule has 0 atom stereocenters. The average Bonchev–Trinajstić information content (AvgIpc) is 2.47. The van der Waals surface area contributed by atoms with Crippen molar-refractivity contribution in [3.05, 3.63) is 18.2 Å². The van der Waals surface area contributed by atoms with Crippen LogP contribution >= 0.6 is 0 Å². The highest BCUT2D eigenvalue weighted by Crippen LogP contribution is 2.28. The summed E-state index contributed by atoms with van der Waals surface area (Å²) in [6.07, 6.45) is 0. The normalized spacial score (nSPS) is 10.4. The lowest BCUT2D eigenvalue weighted by molar-refractivity contribution is -0.134. The van der Waals surface area contributed by atoms with Crippen LogP contribution in [0.1, 0.15) is 6.92 Å². The van der Waals surface area contributed by atoms with Crippen molar-refractivity contribution < 1.29 is 19.0 Å². The van der Waals surface area contributed by atoms with Crippen LogP contribution in [0.25, 0.3) is 0 Å². The van der Waals surface area contributed by atoms with Crippen LogP contribution in [-0.2, 0) is 9.53 Å². The van der Waals surface area contributed by atoms with E-state index in [1.807, 2.05) is 0 Å². The van der Waals surface area contributed by atoms with Crippen molar-refractivity contribution in [3.8, 4) is 17.6 Å². The van der Waals surface area contributed by atoms with Crippen molar-refractivity contribution in [3.63, 3.8) is 0 Å². The summed E-state index contributed by atoms with van der Waals surface area (Å²) >= 11 is 0. The van der Waals surface area contributed by atoms with E-state index in [0.29, 0.717) is 17.2 Å². The first kappa shape index (κ1) is 15.3. The number of nitrogens with zero attached hydrogens (tertiary/aromatic N) is 2. The van der Waals surface area contributed by atoms with E-state index < -0.39 is 5.97 Å². The standard InChI is InChI=1S/C13H15N3O4/c1-4-20-13(17)11(8-14)16-15-10-7-9(18-2)5-6-12(10)19-3/h5-7,15H,4H2,1-3H3. The molecule has 1 N–H and O–H groups in total. The van der Waals surface area contributed by atoms with Crippen LogP contribution < -0.4 is 14.9 Å². The second-order valence-corrected chi connectivity index (χ2v) is 3.47. The molecule has 0 unspecified atom stereocenters. The number of carbonyl (C=O) groups excluding carboxylic acids is 1. The summed E-state index contributed by atoms with van der Waals surface area (Å²) < 4.78 is 14.9. The number of hydrogen-bond donors (Lipinski definition) is 1. The van der Waals surface area contributed by atoms with E-state index in [-0.39, 0.29) is 12.3 Å².